The van der Waals surface area contributed by atoms with Gasteiger partial charge in [-0.15, -0.1) is 0 Å². The number of nitrogens with one attached hydrogen (secondary N) is 1. The highest BCUT2D eigenvalue weighted by Crippen LogP contribution is 2.22. The van der Waals surface area contributed by atoms with Crippen LogP contribution in [0.15, 0.2) is 0 Å². The molecular formula is C7H14F3NO4S. The topological polar surface area (TPSA) is 75.6 Å². The lowest BCUT2D eigenvalue weighted by molar-refractivity contribution is -0.0456. The van der Waals surface area contributed by atoms with E-state index in [9.17, 15) is 26.7 Å². The fourth-order valence-corrected chi connectivity index (χ4v) is 1.41. The minimum Gasteiger partial charge on any atom is -0.389 e. The summed E-state index contributed by atoms with van der Waals surface area (Å²) in [6, 6.07) is 0. The van der Waals surface area contributed by atoms with Gasteiger partial charge in [0.1, 0.15) is 0 Å². The van der Waals surface area contributed by atoms with Gasteiger partial charge in [-0.2, -0.15) is 13.2 Å². The Morgan fingerprint density at radius 1 is 1.38 bits per heavy atom. The molecule has 0 aliphatic heterocycles. The standard InChI is InChI=1S/C7H14F3NO4S/c1-6(12,3-4-15-2)5-11-16(13,14)7(8,9)10/h11-12H,3-5H2,1-2H3. The molecule has 0 heterocycles. The molecule has 0 aromatic rings. The van der Waals surface area contributed by atoms with Gasteiger partial charge in [0.25, 0.3) is 0 Å². The van der Waals surface area contributed by atoms with Crippen LogP contribution in [0.1, 0.15) is 13.3 Å². The maximum absolute atomic E-state index is 11.9. The molecule has 0 spiro atoms. The molecule has 0 fully saturated rings. The molecule has 0 saturated heterocycles. The van der Waals surface area contributed by atoms with Crippen LogP contribution in [0.5, 0.6) is 0 Å². The second kappa shape index (κ2) is 5.30. The molecule has 0 amide bonds. The monoisotopic (exact) mass is 265 g/mol. The van der Waals surface area contributed by atoms with E-state index in [-0.39, 0.29) is 13.0 Å². The smallest absolute Gasteiger partial charge is 0.389 e. The number of aliphatic hydroxyl groups is 1. The first-order valence-corrected chi connectivity index (χ1v) is 5.77. The zero-order valence-electron chi connectivity index (χ0n) is 8.84. The largest absolute Gasteiger partial charge is 0.511 e. The molecule has 9 heteroatoms. The summed E-state index contributed by atoms with van der Waals surface area (Å²) in [4.78, 5) is 0. The second-order valence-electron chi connectivity index (χ2n) is 3.51. The first kappa shape index (κ1) is 15.6. The van der Waals surface area contributed by atoms with Crippen molar-refractivity contribution >= 4 is 10.0 Å². The highest BCUT2D eigenvalue weighted by atomic mass is 32.2. The maximum atomic E-state index is 11.9. The minimum atomic E-state index is -5.41. The van der Waals surface area contributed by atoms with E-state index in [2.05, 4.69) is 4.74 Å². The second-order valence-corrected chi connectivity index (χ2v) is 5.27. The molecule has 98 valence electrons. The van der Waals surface area contributed by atoms with E-state index in [1.165, 1.54) is 18.8 Å². The van der Waals surface area contributed by atoms with Crippen LogP contribution in [-0.4, -0.2) is 44.9 Å². The van der Waals surface area contributed by atoms with E-state index in [1.807, 2.05) is 0 Å². The molecule has 0 aliphatic carbocycles. The summed E-state index contributed by atoms with van der Waals surface area (Å²) in [7, 11) is -4.05. The fourth-order valence-electron chi connectivity index (χ4n) is 0.743. The van der Waals surface area contributed by atoms with Crippen molar-refractivity contribution in [2.45, 2.75) is 24.5 Å². The van der Waals surface area contributed by atoms with Gasteiger partial charge >= 0.3 is 15.5 Å². The Kier molecular flexibility index (Phi) is 5.17. The zero-order valence-corrected chi connectivity index (χ0v) is 9.65. The van der Waals surface area contributed by atoms with Crippen LogP contribution < -0.4 is 4.72 Å². The van der Waals surface area contributed by atoms with Crippen molar-refractivity contribution < 1.29 is 31.4 Å². The Hall–Kier alpha value is -0.380. The summed E-state index contributed by atoms with van der Waals surface area (Å²) in [5, 5.41) is 9.50. The third kappa shape index (κ3) is 5.10. The number of halogens is 3. The Morgan fingerprint density at radius 3 is 2.25 bits per heavy atom. The molecule has 0 saturated carbocycles. The van der Waals surface area contributed by atoms with Gasteiger partial charge in [0.15, 0.2) is 0 Å². The maximum Gasteiger partial charge on any atom is 0.511 e. The van der Waals surface area contributed by atoms with Crippen molar-refractivity contribution in [2.24, 2.45) is 0 Å². The highest BCUT2D eigenvalue weighted by molar-refractivity contribution is 7.90. The molecule has 1 atom stereocenters. The molecule has 5 nitrogen and oxygen atoms in total. The summed E-state index contributed by atoms with van der Waals surface area (Å²) in [6.45, 7) is 0.601. The number of alkyl halides is 3. The zero-order chi connectivity index (χ0) is 13.0. The molecule has 2 N–H and O–H groups in total. The van der Waals surface area contributed by atoms with Crippen molar-refractivity contribution in [2.75, 3.05) is 20.3 Å². The predicted octanol–water partition coefficient (Wildman–Crippen LogP) is 0.213. The SMILES string of the molecule is COCCC(C)(O)CNS(=O)(=O)C(F)(F)F. The van der Waals surface area contributed by atoms with Crippen LogP contribution in [-0.2, 0) is 14.8 Å². The van der Waals surface area contributed by atoms with Gasteiger partial charge in [0.05, 0.1) is 5.60 Å². The van der Waals surface area contributed by atoms with Gasteiger partial charge in [0.2, 0.25) is 0 Å². The van der Waals surface area contributed by atoms with Gasteiger partial charge in [-0.1, -0.05) is 0 Å². The van der Waals surface area contributed by atoms with E-state index in [0.29, 0.717) is 0 Å². The van der Waals surface area contributed by atoms with Crippen LogP contribution in [0.3, 0.4) is 0 Å². The van der Waals surface area contributed by atoms with Crippen LogP contribution in [0.25, 0.3) is 0 Å². The average Bonchev–Trinajstić information content (AvgIpc) is 2.10. The van der Waals surface area contributed by atoms with Crippen molar-refractivity contribution in [3.8, 4) is 0 Å². The molecular weight excluding hydrogens is 251 g/mol. The summed E-state index contributed by atoms with van der Waals surface area (Å²) < 4.78 is 62.8. The molecule has 0 rings (SSSR count). The van der Waals surface area contributed by atoms with E-state index < -0.39 is 27.7 Å². The van der Waals surface area contributed by atoms with E-state index in [0.717, 1.165) is 0 Å². The lowest BCUT2D eigenvalue weighted by Gasteiger charge is -2.23. The summed E-state index contributed by atoms with van der Waals surface area (Å²) in [5.41, 5.74) is -6.96. The number of ether oxygens (including phenoxy) is 1. The van der Waals surface area contributed by atoms with Gasteiger partial charge in [-0.25, -0.2) is 13.1 Å². The van der Waals surface area contributed by atoms with E-state index in [4.69, 9.17) is 0 Å². The minimum absolute atomic E-state index is 0.0177. The number of hydrogen-bond donors (Lipinski definition) is 2. The lowest BCUT2D eigenvalue weighted by atomic mass is 10.0. The van der Waals surface area contributed by atoms with Crippen molar-refractivity contribution in [1.29, 1.82) is 0 Å². The summed E-state index contributed by atoms with van der Waals surface area (Å²) in [5.74, 6) is 0. The van der Waals surface area contributed by atoms with Gasteiger partial charge in [-0.05, 0) is 6.92 Å². The van der Waals surface area contributed by atoms with E-state index in [1.54, 1.807) is 0 Å². The number of methoxy groups -OCH3 is 1. The Balaban J connectivity index is 4.35. The molecule has 0 aromatic heterocycles. The Bertz CT molecular complexity index is 312. The van der Waals surface area contributed by atoms with Crippen LogP contribution >= 0.6 is 0 Å². The number of sulfonamides is 1. The van der Waals surface area contributed by atoms with Crippen molar-refractivity contribution in [3.63, 3.8) is 0 Å². The fraction of sp³-hybridized carbons (Fsp3) is 1.00. The molecule has 0 bridgehead atoms. The van der Waals surface area contributed by atoms with Gasteiger partial charge < -0.3 is 9.84 Å². The normalized spacial score (nSPS) is 17.1. The molecule has 16 heavy (non-hydrogen) atoms. The van der Waals surface area contributed by atoms with E-state index >= 15 is 0 Å². The van der Waals surface area contributed by atoms with Crippen molar-refractivity contribution in [3.05, 3.63) is 0 Å². The summed E-state index contributed by atoms with van der Waals surface area (Å²) >= 11 is 0. The quantitative estimate of drug-likeness (QED) is 0.720. The van der Waals surface area contributed by atoms with Crippen LogP contribution in [0, 0.1) is 0 Å². The van der Waals surface area contributed by atoms with Crippen LogP contribution in [0.2, 0.25) is 0 Å². The third-order valence-corrected chi connectivity index (χ3v) is 2.93. The number of hydrogen-bond acceptors (Lipinski definition) is 4. The molecule has 0 radical (unpaired) electrons. The average molecular weight is 265 g/mol. The van der Waals surface area contributed by atoms with Crippen LogP contribution in [0.4, 0.5) is 13.2 Å². The predicted molar refractivity (Wildman–Crippen MR) is 50.1 cm³/mol. The molecule has 1 unspecified atom stereocenters. The van der Waals surface area contributed by atoms with Crippen molar-refractivity contribution in [1.82, 2.24) is 4.72 Å². The first-order chi connectivity index (χ1) is 7.02. The lowest BCUT2D eigenvalue weighted by Crippen LogP contribution is -2.45. The number of rotatable bonds is 6. The molecule has 0 aromatic carbocycles. The summed E-state index contributed by atoms with van der Waals surface area (Å²) in [6.07, 6.45) is 0.0177. The van der Waals surface area contributed by atoms with Gasteiger partial charge in [-0.3, -0.25) is 0 Å². The first-order valence-electron chi connectivity index (χ1n) is 4.29. The third-order valence-electron chi connectivity index (χ3n) is 1.79. The Labute approximate surface area is 91.6 Å². The molecule has 0 aliphatic rings. The highest BCUT2D eigenvalue weighted by Gasteiger charge is 2.46. The Morgan fingerprint density at radius 2 is 1.88 bits per heavy atom. The van der Waals surface area contributed by atoms with Gasteiger partial charge in [0, 0.05) is 26.7 Å².